The van der Waals surface area contributed by atoms with Crippen LogP contribution in [0.15, 0.2) is 0 Å². The van der Waals surface area contributed by atoms with E-state index in [1.54, 1.807) is 0 Å². The Morgan fingerprint density at radius 1 is 0.523 bits per heavy atom. The standard InChI is InChI=1S/C35H69O8P/c1-31(2)25-21-17-13-11-9-7-5-6-8-10-12-14-20-24-28-35(37)43-33(30-42-44(38,39)40)29-41-34(36)27-23-19-16-15-18-22-26-32(3)4/h31-33H,5-30H2,1-4H3,(H2,38,39,40)/t33-/m1/s1. The first kappa shape index (κ1) is 43.0. The van der Waals surface area contributed by atoms with Gasteiger partial charge in [0.2, 0.25) is 0 Å². The number of hydrogen-bond donors (Lipinski definition) is 2. The Bertz CT molecular complexity index is 722. The maximum absolute atomic E-state index is 12.3. The highest BCUT2D eigenvalue weighted by molar-refractivity contribution is 7.46. The SMILES string of the molecule is CC(C)CCCCCCCCCCCCCCCCC(=O)O[C@H](COC(=O)CCCCCCCCC(C)C)COP(=O)(O)O. The van der Waals surface area contributed by atoms with Gasteiger partial charge in [0.25, 0.3) is 0 Å². The Morgan fingerprint density at radius 2 is 0.864 bits per heavy atom. The summed E-state index contributed by atoms with van der Waals surface area (Å²) in [7, 11) is -4.74. The van der Waals surface area contributed by atoms with E-state index in [9.17, 15) is 14.2 Å². The van der Waals surface area contributed by atoms with Crippen LogP contribution >= 0.6 is 7.82 Å². The van der Waals surface area contributed by atoms with E-state index in [0.29, 0.717) is 6.42 Å². The van der Waals surface area contributed by atoms with Crippen molar-refractivity contribution in [2.24, 2.45) is 11.8 Å². The molecule has 2 N–H and O–H groups in total. The topological polar surface area (TPSA) is 119 Å². The van der Waals surface area contributed by atoms with E-state index >= 15 is 0 Å². The molecule has 0 bridgehead atoms. The molecule has 0 amide bonds. The smallest absolute Gasteiger partial charge is 0.462 e. The van der Waals surface area contributed by atoms with Crippen LogP contribution in [-0.2, 0) is 28.2 Å². The van der Waals surface area contributed by atoms with E-state index in [1.807, 2.05) is 0 Å². The Labute approximate surface area is 270 Å². The Morgan fingerprint density at radius 3 is 1.23 bits per heavy atom. The van der Waals surface area contributed by atoms with Crippen molar-refractivity contribution in [3.8, 4) is 0 Å². The molecule has 0 spiro atoms. The van der Waals surface area contributed by atoms with Gasteiger partial charge in [0, 0.05) is 12.8 Å². The summed E-state index contributed by atoms with van der Waals surface area (Å²) in [6.45, 7) is 8.26. The number of phosphoric acid groups is 1. The fraction of sp³-hybridized carbons (Fsp3) is 0.943. The minimum absolute atomic E-state index is 0.217. The molecule has 0 aliphatic carbocycles. The van der Waals surface area contributed by atoms with Crippen LogP contribution in [0.1, 0.15) is 182 Å². The number of unbranched alkanes of at least 4 members (excludes halogenated alkanes) is 18. The highest BCUT2D eigenvalue weighted by atomic mass is 31.2. The van der Waals surface area contributed by atoms with Gasteiger partial charge >= 0.3 is 19.8 Å². The van der Waals surface area contributed by atoms with E-state index in [2.05, 4.69) is 32.2 Å². The third kappa shape index (κ3) is 33.9. The summed E-state index contributed by atoms with van der Waals surface area (Å²) >= 11 is 0. The van der Waals surface area contributed by atoms with Gasteiger partial charge in [0.1, 0.15) is 6.61 Å². The molecule has 0 saturated heterocycles. The zero-order valence-electron chi connectivity index (χ0n) is 28.9. The normalized spacial score (nSPS) is 12.6. The number of hydrogen-bond acceptors (Lipinski definition) is 6. The van der Waals surface area contributed by atoms with Crippen LogP contribution in [0.2, 0.25) is 0 Å². The Hall–Kier alpha value is -0.950. The number of rotatable bonds is 32. The first-order valence-corrected chi connectivity index (χ1v) is 19.6. The van der Waals surface area contributed by atoms with Gasteiger partial charge in [-0.05, 0) is 24.7 Å². The third-order valence-corrected chi connectivity index (χ3v) is 8.47. The molecule has 0 radical (unpaired) electrons. The summed E-state index contributed by atoms with van der Waals surface area (Å²) in [5.74, 6) is 0.688. The van der Waals surface area contributed by atoms with E-state index in [0.717, 1.165) is 50.4 Å². The summed E-state index contributed by atoms with van der Waals surface area (Å²) in [4.78, 5) is 42.5. The molecule has 0 aromatic heterocycles. The van der Waals surface area contributed by atoms with Crippen molar-refractivity contribution in [3.63, 3.8) is 0 Å². The van der Waals surface area contributed by atoms with Crippen LogP contribution in [-0.4, -0.2) is 41.0 Å². The van der Waals surface area contributed by atoms with Crippen LogP contribution in [0.4, 0.5) is 0 Å². The van der Waals surface area contributed by atoms with Crippen LogP contribution in [0.3, 0.4) is 0 Å². The number of carbonyl (C=O) groups is 2. The summed E-state index contributed by atoms with van der Waals surface area (Å²) in [6, 6.07) is 0. The van der Waals surface area contributed by atoms with Crippen molar-refractivity contribution < 1.29 is 37.9 Å². The summed E-state index contributed by atoms with van der Waals surface area (Å²) in [5, 5.41) is 0. The second kappa shape index (κ2) is 29.5. The minimum atomic E-state index is -4.74. The van der Waals surface area contributed by atoms with E-state index in [4.69, 9.17) is 19.3 Å². The maximum atomic E-state index is 12.3. The second-order valence-corrected chi connectivity index (χ2v) is 14.8. The molecule has 262 valence electrons. The average Bonchev–Trinajstić information content (AvgIpc) is 2.94. The third-order valence-electron chi connectivity index (χ3n) is 7.98. The van der Waals surface area contributed by atoms with Crippen LogP contribution < -0.4 is 0 Å². The molecule has 44 heavy (non-hydrogen) atoms. The summed E-state index contributed by atoms with van der Waals surface area (Å²) in [6.07, 6.45) is 25.7. The van der Waals surface area contributed by atoms with Crippen LogP contribution in [0.25, 0.3) is 0 Å². The first-order valence-electron chi connectivity index (χ1n) is 18.0. The molecule has 0 aliphatic rings. The van der Waals surface area contributed by atoms with Crippen molar-refractivity contribution in [2.45, 2.75) is 188 Å². The molecular formula is C35H69O8P. The lowest BCUT2D eigenvalue weighted by Crippen LogP contribution is -2.29. The number of esters is 2. The highest BCUT2D eigenvalue weighted by Crippen LogP contribution is 2.36. The van der Waals surface area contributed by atoms with Gasteiger partial charge in [0.15, 0.2) is 6.10 Å². The molecule has 9 heteroatoms. The lowest BCUT2D eigenvalue weighted by atomic mass is 10.0. The molecule has 0 fully saturated rings. The van der Waals surface area contributed by atoms with Crippen LogP contribution in [0.5, 0.6) is 0 Å². The van der Waals surface area contributed by atoms with Gasteiger partial charge in [-0.25, -0.2) is 4.57 Å². The molecule has 8 nitrogen and oxygen atoms in total. The summed E-state index contributed by atoms with van der Waals surface area (Å²) in [5.41, 5.74) is 0. The largest absolute Gasteiger partial charge is 0.469 e. The van der Waals surface area contributed by atoms with Gasteiger partial charge in [-0.3, -0.25) is 14.1 Å². The van der Waals surface area contributed by atoms with E-state index in [1.165, 1.54) is 96.3 Å². The Kier molecular flexibility index (Phi) is 28.8. The predicted molar refractivity (Wildman–Crippen MR) is 179 cm³/mol. The van der Waals surface area contributed by atoms with Crippen molar-refractivity contribution in [1.29, 1.82) is 0 Å². The number of phosphoric ester groups is 1. The minimum Gasteiger partial charge on any atom is -0.462 e. The van der Waals surface area contributed by atoms with Crippen molar-refractivity contribution in [3.05, 3.63) is 0 Å². The number of ether oxygens (including phenoxy) is 2. The molecule has 0 saturated carbocycles. The zero-order chi connectivity index (χ0) is 32.9. The maximum Gasteiger partial charge on any atom is 0.469 e. The predicted octanol–water partition coefficient (Wildman–Crippen LogP) is 10.2. The van der Waals surface area contributed by atoms with Gasteiger partial charge in [-0.1, -0.05) is 156 Å². The first-order chi connectivity index (χ1) is 21.0. The molecule has 0 aromatic carbocycles. The fourth-order valence-electron chi connectivity index (χ4n) is 5.27. The molecule has 0 aliphatic heterocycles. The van der Waals surface area contributed by atoms with Gasteiger partial charge < -0.3 is 19.3 Å². The Balaban J connectivity index is 3.91. The lowest BCUT2D eigenvalue weighted by Gasteiger charge is -2.18. The molecule has 1 atom stereocenters. The monoisotopic (exact) mass is 648 g/mol. The molecular weight excluding hydrogens is 579 g/mol. The quantitative estimate of drug-likeness (QED) is 0.0420. The molecule has 0 unspecified atom stereocenters. The van der Waals surface area contributed by atoms with E-state index in [-0.39, 0.29) is 19.4 Å². The highest BCUT2D eigenvalue weighted by Gasteiger charge is 2.22. The molecule has 0 rings (SSSR count). The average molecular weight is 649 g/mol. The van der Waals surface area contributed by atoms with E-state index < -0.39 is 32.5 Å². The number of carbonyl (C=O) groups excluding carboxylic acids is 2. The van der Waals surface area contributed by atoms with Crippen LogP contribution in [0, 0.1) is 11.8 Å². The van der Waals surface area contributed by atoms with Gasteiger partial charge in [-0.2, -0.15) is 0 Å². The zero-order valence-corrected chi connectivity index (χ0v) is 29.8. The van der Waals surface area contributed by atoms with Crippen molar-refractivity contribution in [1.82, 2.24) is 0 Å². The van der Waals surface area contributed by atoms with Crippen molar-refractivity contribution >= 4 is 19.8 Å². The lowest BCUT2D eigenvalue weighted by molar-refractivity contribution is -0.161. The van der Waals surface area contributed by atoms with Crippen molar-refractivity contribution in [2.75, 3.05) is 13.2 Å². The van der Waals surface area contributed by atoms with Gasteiger partial charge in [-0.15, -0.1) is 0 Å². The molecule has 0 aromatic rings. The van der Waals surface area contributed by atoms with Gasteiger partial charge in [0.05, 0.1) is 6.61 Å². The fourth-order valence-corrected chi connectivity index (χ4v) is 5.63. The summed E-state index contributed by atoms with van der Waals surface area (Å²) < 4.78 is 26.2. The second-order valence-electron chi connectivity index (χ2n) is 13.5. The molecule has 0 heterocycles.